The zero-order chi connectivity index (χ0) is 21.8. The first-order chi connectivity index (χ1) is 14.3. The second-order valence-electron chi connectivity index (χ2n) is 6.56. The summed E-state index contributed by atoms with van der Waals surface area (Å²) in [6.07, 6.45) is 0. The Labute approximate surface area is 172 Å². The molecule has 0 saturated heterocycles. The number of aromatic nitrogens is 3. The van der Waals surface area contributed by atoms with Gasteiger partial charge in [-0.15, -0.1) is 5.10 Å². The molecule has 10 nitrogen and oxygen atoms in total. The standard InChI is InChI=1S/C20H20N6O4/c1-4-21-19(27)14-9-8-12(2)17(10-14)22-20(28)18-13(3)25(24-23-18)15-6-5-7-16(11-15)26(29)30/h5-11H,4H2,1-3H3,(H,21,27)(H,22,28). The molecule has 10 heteroatoms. The lowest BCUT2D eigenvalue weighted by atomic mass is 10.1. The number of aryl methyl sites for hydroxylation is 1. The number of nitrogens with zero attached hydrogens (tertiary/aromatic N) is 4. The van der Waals surface area contributed by atoms with Crippen molar-refractivity contribution in [2.45, 2.75) is 20.8 Å². The van der Waals surface area contributed by atoms with E-state index in [0.29, 0.717) is 29.2 Å². The number of hydrogen-bond donors (Lipinski definition) is 2. The van der Waals surface area contributed by atoms with Crippen LogP contribution in [0.1, 0.15) is 39.0 Å². The van der Waals surface area contributed by atoms with Gasteiger partial charge in [-0.1, -0.05) is 17.3 Å². The first-order valence-electron chi connectivity index (χ1n) is 9.19. The number of anilines is 1. The van der Waals surface area contributed by atoms with Crippen LogP contribution in [0.25, 0.3) is 5.69 Å². The number of amides is 2. The monoisotopic (exact) mass is 408 g/mol. The molecule has 0 spiro atoms. The molecule has 0 unspecified atom stereocenters. The summed E-state index contributed by atoms with van der Waals surface area (Å²) in [5, 5.41) is 24.4. The number of non-ortho nitro benzene ring substituents is 1. The summed E-state index contributed by atoms with van der Waals surface area (Å²) in [6, 6.07) is 10.9. The Bertz CT molecular complexity index is 1140. The third-order valence-electron chi connectivity index (χ3n) is 4.48. The van der Waals surface area contributed by atoms with Crippen LogP contribution >= 0.6 is 0 Å². The number of carbonyl (C=O) groups excluding carboxylic acids is 2. The summed E-state index contributed by atoms with van der Waals surface area (Å²) in [5.41, 5.74) is 2.51. The van der Waals surface area contributed by atoms with Crippen LogP contribution in [0, 0.1) is 24.0 Å². The summed E-state index contributed by atoms with van der Waals surface area (Å²) < 4.78 is 1.36. The van der Waals surface area contributed by atoms with E-state index in [0.717, 1.165) is 5.56 Å². The van der Waals surface area contributed by atoms with E-state index >= 15 is 0 Å². The normalized spacial score (nSPS) is 10.5. The Hall–Kier alpha value is -4.08. The Balaban J connectivity index is 1.87. The number of carbonyl (C=O) groups is 2. The molecule has 30 heavy (non-hydrogen) atoms. The smallest absolute Gasteiger partial charge is 0.278 e. The van der Waals surface area contributed by atoms with Crippen molar-refractivity contribution in [3.63, 3.8) is 0 Å². The fourth-order valence-electron chi connectivity index (χ4n) is 2.86. The topological polar surface area (TPSA) is 132 Å². The van der Waals surface area contributed by atoms with Crippen molar-refractivity contribution in [2.24, 2.45) is 0 Å². The fraction of sp³-hybridized carbons (Fsp3) is 0.200. The molecule has 2 amide bonds. The van der Waals surface area contributed by atoms with Gasteiger partial charge in [-0.2, -0.15) is 0 Å². The van der Waals surface area contributed by atoms with Gasteiger partial charge < -0.3 is 10.6 Å². The van der Waals surface area contributed by atoms with Crippen molar-refractivity contribution in [3.8, 4) is 5.69 Å². The van der Waals surface area contributed by atoms with Crippen LogP contribution in [0.2, 0.25) is 0 Å². The molecular weight excluding hydrogens is 388 g/mol. The largest absolute Gasteiger partial charge is 0.352 e. The molecule has 0 bridgehead atoms. The number of rotatable bonds is 6. The van der Waals surface area contributed by atoms with Crippen molar-refractivity contribution in [3.05, 3.63) is 75.1 Å². The second-order valence-corrected chi connectivity index (χ2v) is 6.56. The van der Waals surface area contributed by atoms with Gasteiger partial charge in [0.2, 0.25) is 0 Å². The maximum absolute atomic E-state index is 12.8. The van der Waals surface area contributed by atoms with Crippen LogP contribution in [0.15, 0.2) is 42.5 Å². The van der Waals surface area contributed by atoms with E-state index in [1.807, 2.05) is 13.8 Å². The minimum atomic E-state index is -0.506. The summed E-state index contributed by atoms with van der Waals surface area (Å²) in [5.74, 6) is -0.735. The minimum Gasteiger partial charge on any atom is -0.352 e. The minimum absolute atomic E-state index is 0.0734. The number of benzene rings is 2. The first-order valence-corrected chi connectivity index (χ1v) is 9.19. The van der Waals surface area contributed by atoms with Gasteiger partial charge in [0.25, 0.3) is 17.5 Å². The Morgan fingerprint density at radius 3 is 2.60 bits per heavy atom. The molecule has 1 heterocycles. The molecule has 0 fully saturated rings. The van der Waals surface area contributed by atoms with Crippen molar-refractivity contribution in [1.29, 1.82) is 0 Å². The van der Waals surface area contributed by atoms with Gasteiger partial charge in [-0.05, 0) is 44.5 Å². The highest BCUT2D eigenvalue weighted by Gasteiger charge is 2.19. The highest BCUT2D eigenvalue weighted by atomic mass is 16.6. The Morgan fingerprint density at radius 1 is 1.13 bits per heavy atom. The molecule has 0 aliphatic carbocycles. The van der Waals surface area contributed by atoms with E-state index in [1.165, 1.54) is 22.9 Å². The average Bonchev–Trinajstić information content (AvgIpc) is 3.11. The van der Waals surface area contributed by atoms with Gasteiger partial charge in [-0.25, -0.2) is 4.68 Å². The van der Waals surface area contributed by atoms with Gasteiger partial charge in [-0.3, -0.25) is 19.7 Å². The zero-order valence-electron chi connectivity index (χ0n) is 16.7. The lowest BCUT2D eigenvalue weighted by molar-refractivity contribution is -0.384. The molecule has 0 radical (unpaired) electrons. The molecule has 1 aromatic heterocycles. The molecule has 2 aromatic carbocycles. The maximum Gasteiger partial charge on any atom is 0.278 e. The molecule has 0 aliphatic heterocycles. The van der Waals surface area contributed by atoms with Crippen LogP contribution < -0.4 is 10.6 Å². The highest BCUT2D eigenvalue weighted by molar-refractivity contribution is 6.05. The van der Waals surface area contributed by atoms with E-state index in [2.05, 4.69) is 20.9 Å². The quantitative estimate of drug-likeness (QED) is 0.476. The molecule has 154 valence electrons. The first kappa shape index (κ1) is 20.6. The zero-order valence-corrected chi connectivity index (χ0v) is 16.7. The van der Waals surface area contributed by atoms with E-state index in [1.54, 1.807) is 31.2 Å². The van der Waals surface area contributed by atoms with Gasteiger partial charge in [0.15, 0.2) is 5.69 Å². The molecule has 0 atom stereocenters. The molecule has 0 aliphatic rings. The van der Waals surface area contributed by atoms with Gasteiger partial charge >= 0.3 is 0 Å². The summed E-state index contributed by atoms with van der Waals surface area (Å²) in [7, 11) is 0. The Kier molecular flexibility index (Phi) is 5.86. The average molecular weight is 408 g/mol. The molecule has 3 rings (SSSR count). The van der Waals surface area contributed by atoms with Crippen LogP contribution in [0.4, 0.5) is 11.4 Å². The van der Waals surface area contributed by atoms with E-state index in [9.17, 15) is 19.7 Å². The van der Waals surface area contributed by atoms with Crippen LogP contribution in [0.3, 0.4) is 0 Å². The summed E-state index contributed by atoms with van der Waals surface area (Å²) in [6.45, 7) is 5.77. The van der Waals surface area contributed by atoms with Crippen LogP contribution in [-0.2, 0) is 0 Å². The molecule has 3 aromatic rings. The van der Waals surface area contributed by atoms with E-state index < -0.39 is 10.8 Å². The summed E-state index contributed by atoms with van der Waals surface area (Å²) in [4.78, 5) is 35.3. The maximum atomic E-state index is 12.8. The summed E-state index contributed by atoms with van der Waals surface area (Å²) >= 11 is 0. The highest BCUT2D eigenvalue weighted by Crippen LogP contribution is 2.21. The molecular formula is C20H20N6O4. The molecule has 0 saturated carbocycles. The van der Waals surface area contributed by atoms with Gasteiger partial charge in [0.1, 0.15) is 0 Å². The number of hydrogen-bond acceptors (Lipinski definition) is 6. The SMILES string of the molecule is CCNC(=O)c1ccc(C)c(NC(=O)c2nnn(-c3cccc([N+](=O)[O-])c3)c2C)c1. The van der Waals surface area contributed by atoms with E-state index in [4.69, 9.17) is 0 Å². The van der Waals surface area contributed by atoms with Crippen molar-refractivity contribution >= 4 is 23.2 Å². The number of nitro benzene ring substituents is 1. The fourth-order valence-corrected chi connectivity index (χ4v) is 2.86. The third-order valence-corrected chi connectivity index (χ3v) is 4.48. The van der Waals surface area contributed by atoms with E-state index in [-0.39, 0.29) is 17.3 Å². The number of nitrogens with one attached hydrogen (secondary N) is 2. The van der Waals surface area contributed by atoms with Crippen molar-refractivity contribution in [2.75, 3.05) is 11.9 Å². The second kappa shape index (κ2) is 8.52. The van der Waals surface area contributed by atoms with Crippen LogP contribution in [-0.4, -0.2) is 38.3 Å². The van der Waals surface area contributed by atoms with Crippen molar-refractivity contribution in [1.82, 2.24) is 20.3 Å². The van der Waals surface area contributed by atoms with Crippen molar-refractivity contribution < 1.29 is 14.5 Å². The third kappa shape index (κ3) is 4.17. The van der Waals surface area contributed by atoms with Crippen LogP contribution in [0.5, 0.6) is 0 Å². The lowest BCUT2D eigenvalue weighted by Gasteiger charge is -2.10. The van der Waals surface area contributed by atoms with Gasteiger partial charge in [0, 0.05) is 29.9 Å². The number of nitro groups is 1. The predicted octanol–water partition coefficient (Wildman–Crippen LogP) is 2.79. The predicted molar refractivity (Wildman–Crippen MR) is 110 cm³/mol. The molecule has 2 N–H and O–H groups in total. The Morgan fingerprint density at radius 2 is 1.90 bits per heavy atom. The van der Waals surface area contributed by atoms with Gasteiger partial charge in [0.05, 0.1) is 16.3 Å². The lowest BCUT2D eigenvalue weighted by Crippen LogP contribution is -2.23.